The third-order valence-corrected chi connectivity index (χ3v) is 3.42. The summed E-state index contributed by atoms with van der Waals surface area (Å²) in [6.45, 7) is 1.98. The molecule has 0 saturated carbocycles. The molecule has 2 aromatic carbocycles. The van der Waals surface area contributed by atoms with Gasteiger partial charge in [0.2, 0.25) is 0 Å². The summed E-state index contributed by atoms with van der Waals surface area (Å²) in [5.41, 5.74) is 3.46. The van der Waals surface area contributed by atoms with Crippen molar-refractivity contribution in [1.82, 2.24) is 15.0 Å². The molecule has 1 aromatic heterocycles. The number of halogens is 1. The van der Waals surface area contributed by atoms with Gasteiger partial charge in [0.05, 0.1) is 16.8 Å². The summed E-state index contributed by atoms with van der Waals surface area (Å²) in [5, 5.41) is 17.2. The summed E-state index contributed by atoms with van der Waals surface area (Å²) in [4.78, 5) is 11.1. The molecule has 0 unspecified atom stereocenters. The Morgan fingerprint density at radius 3 is 2.75 bits per heavy atom. The van der Waals surface area contributed by atoms with Crippen molar-refractivity contribution in [2.75, 3.05) is 0 Å². The van der Waals surface area contributed by atoms with Crippen LogP contribution >= 0.6 is 15.9 Å². The van der Waals surface area contributed by atoms with Gasteiger partial charge in [-0.2, -0.15) is 0 Å². The molecular weight excluding hydrogens is 322 g/mol. The molecule has 0 aliphatic heterocycles. The van der Waals surface area contributed by atoms with E-state index in [-0.39, 0.29) is 5.56 Å². The highest BCUT2D eigenvalue weighted by molar-refractivity contribution is 9.10. The van der Waals surface area contributed by atoms with Gasteiger partial charge in [0.15, 0.2) is 0 Å². The second-order valence-corrected chi connectivity index (χ2v) is 5.41. The van der Waals surface area contributed by atoms with Crippen LogP contribution in [0.3, 0.4) is 0 Å². The lowest BCUT2D eigenvalue weighted by Crippen LogP contribution is -1.99. The van der Waals surface area contributed by atoms with Crippen molar-refractivity contribution >= 4 is 32.9 Å². The number of aromatic nitrogens is 3. The number of rotatable bonds is 2. The van der Waals surface area contributed by atoms with Gasteiger partial charge < -0.3 is 5.11 Å². The van der Waals surface area contributed by atoms with Gasteiger partial charge in [0.25, 0.3) is 0 Å². The first-order chi connectivity index (χ1) is 9.54. The smallest absolute Gasteiger partial charge is 0.335 e. The van der Waals surface area contributed by atoms with Crippen LogP contribution in [0.25, 0.3) is 16.7 Å². The second-order valence-electron chi connectivity index (χ2n) is 4.50. The van der Waals surface area contributed by atoms with Crippen LogP contribution < -0.4 is 0 Å². The molecule has 5 nitrogen and oxygen atoms in total. The van der Waals surface area contributed by atoms with Gasteiger partial charge in [-0.25, -0.2) is 9.48 Å². The minimum atomic E-state index is -0.968. The largest absolute Gasteiger partial charge is 0.478 e. The van der Waals surface area contributed by atoms with E-state index in [9.17, 15) is 4.79 Å². The van der Waals surface area contributed by atoms with Gasteiger partial charge in [-0.05, 0) is 48.9 Å². The summed E-state index contributed by atoms with van der Waals surface area (Å²) < 4.78 is 2.57. The number of carbonyl (C=O) groups is 1. The Hall–Kier alpha value is -2.21. The Balaban J connectivity index is 2.25. The maximum absolute atomic E-state index is 11.1. The van der Waals surface area contributed by atoms with Gasteiger partial charge in [0, 0.05) is 4.47 Å². The number of aromatic carboxylic acids is 1. The molecule has 100 valence electrons. The highest BCUT2D eigenvalue weighted by Crippen LogP contribution is 2.22. The normalized spacial score (nSPS) is 10.9. The SMILES string of the molecule is Cc1cc(Br)cc(-n2nnc3ccc(C(=O)O)cc32)c1. The van der Waals surface area contributed by atoms with Crippen LogP contribution in [-0.2, 0) is 0 Å². The van der Waals surface area contributed by atoms with Crippen LogP contribution in [0.4, 0.5) is 0 Å². The number of nitrogens with zero attached hydrogens (tertiary/aromatic N) is 3. The van der Waals surface area contributed by atoms with Crippen LogP contribution in [-0.4, -0.2) is 26.1 Å². The van der Waals surface area contributed by atoms with E-state index >= 15 is 0 Å². The number of aryl methyl sites for hydroxylation is 1. The van der Waals surface area contributed by atoms with Crippen molar-refractivity contribution in [3.05, 3.63) is 52.0 Å². The third-order valence-electron chi connectivity index (χ3n) is 2.96. The first-order valence-corrected chi connectivity index (χ1v) is 6.70. The first-order valence-electron chi connectivity index (χ1n) is 5.91. The van der Waals surface area contributed by atoms with E-state index in [0.29, 0.717) is 11.0 Å². The molecule has 0 aliphatic carbocycles. The Morgan fingerprint density at radius 2 is 2.05 bits per heavy atom. The molecule has 0 saturated heterocycles. The van der Waals surface area contributed by atoms with Crippen LogP contribution in [0.15, 0.2) is 40.9 Å². The zero-order valence-corrected chi connectivity index (χ0v) is 12.1. The summed E-state index contributed by atoms with van der Waals surface area (Å²) >= 11 is 3.44. The lowest BCUT2D eigenvalue weighted by atomic mass is 10.2. The van der Waals surface area contributed by atoms with Gasteiger partial charge in [-0.15, -0.1) is 5.10 Å². The molecule has 3 aromatic rings. The average Bonchev–Trinajstić information content (AvgIpc) is 2.80. The summed E-state index contributed by atoms with van der Waals surface area (Å²) in [6.07, 6.45) is 0. The topological polar surface area (TPSA) is 68.0 Å². The van der Waals surface area contributed by atoms with E-state index in [1.807, 2.05) is 25.1 Å². The van der Waals surface area contributed by atoms with Gasteiger partial charge >= 0.3 is 5.97 Å². The van der Waals surface area contributed by atoms with E-state index in [0.717, 1.165) is 15.7 Å². The first kappa shape index (κ1) is 12.8. The number of benzene rings is 2. The molecule has 0 spiro atoms. The fraction of sp³-hybridized carbons (Fsp3) is 0.0714. The Morgan fingerprint density at radius 1 is 1.25 bits per heavy atom. The van der Waals surface area contributed by atoms with E-state index in [2.05, 4.69) is 26.2 Å². The molecule has 20 heavy (non-hydrogen) atoms. The van der Waals surface area contributed by atoms with E-state index < -0.39 is 5.97 Å². The van der Waals surface area contributed by atoms with Crippen LogP contribution in [0, 0.1) is 6.92 Å². The minimum Gasteiger partial charge on any atom is -0.478 e. The van der Waals surface area contributed by atoms with Crippen molar-refractivity contribution < 1.29 is 9.90 Å². The van der Waals surface area contributed by atoms with Crippen LogP contribution in [0.2, 0.25) is 0 Å². The molecule has 0 amide bonds. The second kappa shape index (κ2) is 4.72. The maximum Gasteiger partial charge on any atom is 0.335 e. The summed E-state index contributed by atoms with van der Waals surface area (Å²) in [6, 6.07) is 10.6. The molecule has 0 fully saturated rings. The molecule has 1 N–H and O–H groups in total. The lowest BCUT2D eigenvalue weighted by molar-refractivity contribution is 0.0697. The predicted octanol–water partition coefficient (Wildman–Crippen LogP) is 3.19. The fourth-order valence-corrected chi connectivity index (χ4v) is 2.68. The zero-order valence-electron chi connectivity index (χ0n) is 10.5. The van der Waals surface area contributed by atoms with Crippen LogP contribution in [0.1, 0.15) is 15.9 Å². The van der Waals surface area contributed by atoms with E-state index in [1.165, 1.54) is 6.07 Å². The van der Waals surface area contributed by atoms with Crippen molar-refractivity contribution in [3.63, 3.8) is 0 Å². The molecule has 3 rings (SSSR count). The summed E-state index contributed by atoms with van der Waals surface area (Å²) in [5.74, 6) is -0.968. The highest BCUT2D eigenvalue weighted by Gasteiger charge is 2.11. The Labute approximate surface area is 123 Å². The number of carboxylic acids is 1. The highest BCUT2D eigenvalue weighted by atomic mass is 79.9. The average molecular weight is 332 g/mol. The van der Waals surface area contributed by atoms with Gasteiger partial charge in [-0.3, -0.25) is 0 Å². The monoisotopic (exact) mass is 331 g/mol. The number of carboxylic acid groups (broad SMARTS) is 1. The Bertz CT molecular complexity index is 806. The zero-order chi connectivity index (χ0) is 14.3. The van der Waals surface area contributed by atoms with Crippen molar-refractivity contribution in [3.8, 4) is 5.69 Å². The maximum atomic E-state index is 11.1. The van der Waals surface area contributed by atoms with Crippen molar-refractivity contribution in [2.45, 2.75) is 6.92 Å². The quantitative estimate of drug-likeness (QED) is 0.783. The molecule has 0 bridgehead atoms. The molecule has 0 radical (unpaired) electrons. The standard InChI is InChI=1S/C14H10BrN3O2/c1-8-4-10(15)7-11(5-8)18-13-6-9(14(19)20)2-3-12(13)16-17-18/h2-7H,1H3,(H,19,20). The lowest BCUT2D eigenvalue weighted by Gasteiger charge is -2.05. The van der Waals surface area contributed by atoms with E-state index in [1.54, 1.807) is 16.8 Å². The van der Waals surface area contributed by atoms with Crippen molar-refractivity contribution in [1.29, 1.82) is 0 Å². The molecule has 6 heteroatoms. The van der Waals surface area contributed by atoms with E-state index in [4.69, 9.17) is 5.11 Å². The number of hydrogen-bond acceptors (Lipinski definition) is 3. The summed E-state index contributed by atoms with van der Waals surface area (Å²) in [7, 11) is 0. The third kappa shape index (κ3) is 2.18. The van der Waals surface area contributed by atoms with Gasteiger partial charge in [-0.1, -0.05) is 21.1 Å². The molecular formula is C14H10BrN3O2. The predicted molar refractivity (Wildman–Crippen MR) is 78.3 cm³/mol. The molecule has 0 atom stereocenters. The molecule has 0 aliphatic rings. The Kier molecular flexibility index (Phi) is 3.02. The number of fused-ring (bicyclic) bond motifs is 1. The number of hydrogen-bond donors (Lipinski definition) is 1. The van der Waals surface area contributed by atoms with Crippen LogP contribution in [0.5, 0.6) is 0 Å². The van der Waals surface area contributed by atoms with Crippen molar-refractivity contribution in [2.24, 2.45) is 0 Å². The molecule has 1 heterocycles. The van der Waals surface area contributed by atoms with Gasteiger partial charge in [0.1, 0.15) is 5.52 Å². The fourth-order valence-electron chi connectivity index (χ4n) is 2.08. The minimum absolute atomic E-state index is 0.216.